The zero-order valence-corrected chi connectivity index (χ0v) is 45.1. The SMILES string of the molecule is CC(C)(C)c1ccc(N2c3cc(C(C)(C)C)ccc3B3c4sc5c(c4N(c4ccc(C(C)(C)C)cc4-c4ccccc4)c4cc(N(c6ccccc6)c6ccccc6)cc2c43)C(C)(C)CCC5(C)C)cc1. The largest absolute Gasteiger partial charge is 0.311 e. The molecule has 0 saturated carbocycles. The van der Waals surface area contributed by atoms with Gasteiger partial charge in [-0.3, -0.25) is 0 Å². The van der Waals surface area contributed by atoms with E-state index < -0.39 is 0 Å². The minimum atomic E-state index is -0.0576. The molecule has 0 fully saturated rings. The third kappa shape index (κ3) is 7.95. The third-order valence-electron chi connectivity index (χ3n) is 15.9. The zero-order chi connectivity index (χ0) is 50.0. The fraction of sp³-hybridized carbons (Fsp3) is 0.303. The standard InChI is InChI=1S/C66H70BN3S/c1-62(2,3)44-29-33-49(34-30-44)69-54-40-46(64(7,8)9)31-35-52(54)67-58-55(69)41-50(68(47-25-19-15-20-26-47)48-27-21-16-22-28-48)42-56(58)70(59-57-60(71-61(59)67)66(12,13)38-37-65(57,10)11)53-36-32-45(63(4,5)6)39-51(53)43-23-17-14-18-24-43/h14-36,39-42H,37-38H2,1-13H3. The highest BCUT2D eigenvalue weighted by Crippen LogP contribution is 2.58. The molecule has 0 N–H and O–H groups in total. The van der Waals surface area contributed by atoms with Crippen LogP contribution in [0, 0.1) is 0 Å². The van der Waals surface area contributed by atoms with E-state index in [2.05, 4.69) is 280 Å². The van der Waals surface area contributed by atoms with Crippen molar-refractivity contribution in [1.82, 2.24) is 0 Å². The van der Waals surface area contributed by atoms with Gasteiger partial charge in [0.15, 0.2) is 0 Å². The summed E-state index contributed by atoms with van der Waals surface area (Å²) in [7, 11) is 0. The van der Waals surface area contributed by atoms with E-state index in [0.29, 0.717) is 0 Å². The molecule has 3 heterocycles. The molecule has 2 aliphatic heterocycles. The topological polar surface area (TPSA) is 9.72 Å². The Hall–Kier alpha value is -6.30. The van der Waals surface area contributed by atoms with E-state index in [4.69, 9.17) is 0 Å². The van der Waals surface area contributed by atoms with Crippen LogP contribution in [0.5, 0.6) is 0 Å². The lowest BCUT2D eigenvalue weighted by molar-refractivity contribution is 0.339. The van der Waals surface area contributed by atoms with Crippen molar-refractivity contribution in [2.75, 3.05) is 14.7 Å². The fourth-order valence-electron chi connectivity index (χ4n) is 11.6. The Labute approximate surface area is 429 Å². The summed E-state index contributed by atoms with van der Waals surface area (Å²) in [6.45, 7) is 31.1. The molecular formula is C66H70BN3S. The minimum absolute atomic E-state index is 0.00698. The molecule has 358 valence electrons. The molecule has 1 aromatic heterocycles. The Morgan fingerprint density at radius 2 is 0.986 bits per heavy atom. The van der Waals surface area contributed by atoms with Gasteiger partial charge in [-0.15, -0.1) is 0 Å². The predicted octanol–water partition coefficient (Wildman–Crippen LogP) is 17.2. The average Bonchev–Trinajstić information content (AvgIpc) is 3.76. The summed E-state index contributed by atoms with van der Waals surface area (Å²) in [4.78, 5) is 9.38. The van der Waals surface area contributed by atoms with Gasteiger partial charge in [0.1, 0.15) is 0 Å². The normalized spacial score (nSPS) is 15.7. The molecule has 0 saturated heterocycles. The Morgan fingerprint density at radius 1 is 0.479 bits per heavy atom. The Balaban J connectivity index is 1.33. The number of fused-ring (bicyclic) bond motifs is 6. The van der Waals surface area contributed by atoms with Gasteiger partial charge in [0.05, 0.1) is 17.1 Å². The molecule has 7 aromatic carbocycles. The lowest BCUT2D eigenvalue weighted by atomic mass is 9.36. The lowest BCUT2D eigenvalue weighted by Gasteiger charge is -2.46. The number of thiophene rings is 1. The van der Waals surface area contributed by atoms with Gasteiger partial charge >= 0.3 is 0 Å². The molecule has 8 aromatic rings. The van der Waals surface area contributed by atoms with E-state index in [0.717, 1.165) is 29.9 Å². The molecule has 0 unspecified atom stereocenters. The Bertz CT molecular complexity index is 3270. The van der Waals surface area contributed by atoms with Crippen LogP contribution in [-0.2, 0) is 27.1 Å². The first kappa shape index (κ1) is 47.1. The Kier molecular flexibility index (Phi) is 11.0. The number of rotatable bonds is 6. The van der Waals surface area contributed by atoms with E-state index in [1.165, 1.54) is 88.1 Å². The van der Waals surface area contributed by atoms with Crippen molar-refractivity contribution in [3.8, 4) is 11.1 Å². The van der Waals surface area contributed by atoms with E-state index in [-0.39, 0.29) is 33.8 Å². The number of hydrogen-bond acceptors (Lipinski definition) is 4. The first-order chi connectivity index (χ1) is 33.6. The van der Waals surface area contributed by atoms with Gasteiger partial charge < -0.3 is 14.7 Å². The summed E-state index contributed by atoms with van der Waals surface area (Å²) in [5.74, 6) is 0. The number of anilines is 9. The molecular weight excluding hydrogens is 878 g/mol. The van der Waals surface area contributed by atoms with Crippen molar-refractivity contribution in [2.24, 2.45) is 0 Å². The van der Waals surface area contributed by atoms with Crippen LogP contribution in [0.1, 0.15) is 130 Å². The molecule has 0 spiro atoms. The molecule has 11 rings (SSSR count). The highest BCUT2D eigenvalue weighted by molar-refractivity contribution is 7.29. The van der Waals surface area contributed by atoms with Gasteiger partial charge in [0.2, 0.25) is 0 Å². The lowest BCUT2D eigenvalue weighted by Crippen LogP contribution is -2.60. The van der Waals surface area contributed by atoms with Gasteiger partial charge in [-0.25, -0.2) is 0 Å². The quantitative estimate of drug-likeness (QED) is 0.154. The molecule has 71 heavy (non-hydrogen) atoms. The molecule has 5 heteroatoms. The second-order valence-electron chi connectivity index (χ2n) is 25.0. The van der Waals surface area contributed by atoms with E-state index in [9.17, 15) is 0 Å². The summed E-state index contributed by atoms with van der Waals surface area (Å²) in [5.41, 5.74) is 21.4. The maximum absolute atomic E-state index is 2.75. The van der Waals surface area contributed by atoms with Crippen molar-refractivity contribution in [1.29, 1.82) is 0 Å². The molecule has 0 bridgehead atoms. The van der Waals surface area contributed by atoms with Crippen LogP contribution in [-0.4, -0.2) is 6.71 Å². The smallest absolute Gasteiger partial charge is 0.264 e. The second-order valence-corrected chi connectivity index (χ2v) is 26.0. The molecule has 3 aliphatic rings. The van der Waals surface area contributed by atoms with Gasteiger partial charge in [0.25, 0.3) is 6.71 Å². The van der Waals surface area contributed by atoms with Crippen LogP contribution < -0.4 is 30.4 Å². The van der Waals surface area contributed by atoms with E-state index in [1.54, 1.807) is 0 Å². The van der Waals surface area contributed by atoms with E-state index in [1.807, 2.05) is 0 Å². The van der Waals surface area contributed by atoms with Crippen molar-refractivity contribution < 1.29 is 0 Å². The van der Waals surface area contributed by atoms with Crippen LogP contribution >= 0.6 is 11.3 Å². The van der Waals surface area contributed by atoms with Crippen molar-refractivity contribution in [2.45, 2.75) is 130 Å². The molecule has 0 atom stereocenters. The monoisotopic (exact) mass is 948 g/mol. The van der Waals surface area contributed by atoms with Crippen LogP contribution in [0.4, 0.5) is 51.2 Å². The molecule has 1 aliphatic carbocycles. The van der Waals surface area contributed by atoms with Gasteiger partial charge in [-0.1, -0.05) is 187 Å². The molecule has 3 nitrogen and oxygen atoms in total. The molecule has 0 radical (unpaired) electrons. The predicted molar refractivity (Wildman–Crippen MR) is 310 cm³/mol. The van der Waals surface area contributed by atoms with Crippen LogP contribution in [0.25, 0.3) is 11.1 Å². The maximum Gasteiger partial charge on any atom is 0.264 e. The highest BCUT2D eigenvalue weighted by Gasteiger charge is 2.51. The van der Waals surface area contributed by atoms with Gasteiger partial charge in [-0.05, 0) is 145 Å². The van der Waals surface area contributed by atoms with Crippen molar-refractivity contribution in [3.63, 3.8) is 0 Å². The third-order valence-corrected chi connectivity index (χ3v) is 17.5. The maximum atomic E-state index is 2.75. The fourth-order valence-corrected chi connectivity index (χ4v) is 13.4. The van der Waals surface area contributed by atoms with Crippen LogP contribution in [0.3, 0.4) is 0 Å². The summed E-state index contributed by atoms with van der Waals surface area (Å²) < 4.78 is 1.45. The molecule has 0 amide bonds. The van der Waals surface area contributed by atoms with Crippen molar-refractivity contribution in [3.05, 3.63) is 191 Å². The zero-order valence-electron chi connectivity index (χ0n) is 44.3. The summed E-state index contributed by atoms with van der Waals surface area (Å²) >= 11 is 2.10. The van der Waals surface area contributed by atoms with Crippen LogP contribution in [0.15, 0.2) is 164 Å². The number of benzene rings is 7. The average molecular weight is 948 g/mol. The highest BCUT2D eigenvalue weighted by atomic mass is 32.1. The summed E-state index contributed by atoms with van der Waals surface area (Å²) in [6, 6.07) is 62.4. The summed E-state index contributed by atoms with van der Waals surface area (Å²) in [5, 5.41) is 0. The van der Waals surface area contributed by atoms with Crippen molar-refractivity contribution >= 4 is 84.9 Å². The van der Waals surface area contributed by atoms with Gasteiger partial charge in [-0.2, -0.15) is 11.3 Å². The Morgan fingerprint density at radius 3 is 1.56 bits per heavy atom. The minimum Gasteiger partial charge on any atom is -0.311 e. The first-order valence-corrected chi connectivity index (χ1v) is 26.7. The number of hydrogen-bond donors (Lipinski definition) is 0. The second kappa shape index (κ2) is 16.6. The first-order valence-electron chi connectivity index (χ1n) is 25.9. The number of para-hydroxylation sites is 2. The van der Waals surface area contributed by atoms with Crippen LogP contribution in [0.2, 0.25) is 0 Å². The van der Waals surface area contributed by atoms with Gasteiger partial charge in [0, 0.05) is 49.3 Å². The van der Waals surface area contributed by atoms with E-state index >= 15 is 0 Å². The number of nitrogens with zero attached hydrogens (tertiary/aromatic N) is 3. The summed E-state index contributed by atoms with van der Waals surface area (Å²) in [6.07, 6.45) is 2.28.